The molecule has 5 heteroatoms. The van der Waals surface area contributed by atoms with Crippen LogP contribution < -0.4 is 5.32 Å². The molecule has 0 spiro atoms. The van der Waals surface area contributed by atoms with Crippen LogP contribution in [-0.4, -0.2) is 61.9 Å². The van der Waals surface area contributed by atoms with E-state index < -0.39 is 0 Å². The van der Waals surface area contributed by atoms with E-state index in [1.165, 1.54) is 5.56 Å². The third kappa shape index (κ3) is 5.21. The summed E-state index contributed by atoms with van der Waals surface area (Å²) in [6, 6.07) is 10.8. The van der Waals surface area contributed by atoms with Gasteiger partial charge in [0, 0.05) is 33.7 Å². The topological polar surface area (TPSA) is 47.9 Å². The Morgan fingerprint density at radius 3 is 2.60 bits per heavy atom. The van der Waals surface area contributed by atoms with Gasteiger partial charge in [0.2, 0.25) is 5.91 Å². The molecule has 138 valence electrons. The molecule has 0 radical (unpaired) electrons. The first-order valence-electron chi connectivity index (χ1n) is 9.35. The Labute approximate surface area is 152 Å². The molecule has 2 rings (SSSR count). The lowest BCUT2D eigenvalue weighted by Crippen LogP contribution is -2.48. The maximum absolute atomic E-state index is 11.9. The van der Waals surface area contributed by atoms with Gasteiger partial charge in [-0.25, -0.2) is 4.99 Å². The predicted molar refractivity (Wildman–Crippen MR) is 104 cm³/mol. The van der Waals surface area contributed by atoms with E-state index in [2.05, 4.69) is 59.4 Å². The van der Waals surface area contributed by atoms with Gasteiger partial charge in [0.15, 0.2) is 5.96 Å². The summed E-state index contributed by atoms with van der Waals surface area (Å²) in [6.07, 6.45) is 2.26. The number of nitrogens with zero attached hydrogens (tertiary/aromatic N) is 3. The van der Waals surface area contributed by atoms with E-state index in [0.717, 1.165) is 38.4 Å². The molecular weight excluding hydrogens is 312 g/mol. The molecule has 1 heterocycles. The fraction of sp³-hybridized carbons (Fsp3) is 0.600. The SMILES string of the molecule is CCNC(=NCC(=O)N(C)C)N1CCC(c2ccccc2)C(CC)C1. The summed E-state index contributed by atoms with van der Waals surface area (Å²) in [6.45, 7) is 7.30. The van der Waals surface area contributed by atoms with Crippen molar-refractivity contribution in [1.82, 2.24) is 15.1 Å². The largest absolute Gasteiger partial charge is 0.357 e. The fourth-order valence-electron chi connectivity index (χ4n) is 3.49. The number of guanidine groups is 1. The van der Waals surface area contributed by atoms with Crippen LogP contribution in [0.2, 0.25) is 0 Å². The van der Waals surface area contributed by atoms with E-state index >= 15 is 0 Å². The highest BCUT2D eigenvalue weighted by molar-refractivity contribution is 5.84. The number of rotatable bonds is 5. The molecular formula is C20H32N4O. The lowest BCUT2D eigenvalue weighted by molar-refractivity contribution is -0.127. The molecule has 0 saturated carbocycles. The molecule has 2 atom stereocenters. The molecule has 0 bridgehead atoms. The van der Waals surface area contributed by atoms with Crippen molar-refractivity contribution in [3.05, 3.63) is 35.9 Å². The number of likely N-dealkylation sites (N-methyl/N-ethyl adjacent to an activating group) is 1. The van der Waals surface area contributed by atoms with Crippen LogP contribution in [0.25, 0.3) is 0 Å². The Bertz CT molecular complexity index is 570. The van der Waals surface area contributed by atoms with Crippen LogP contribution in [-0.2, 0) is 4.79 Å². The zero-order valence-electron chi connectivity index (χ0n) is 16.0. The molecule has 0 aromatic heterocycles. The summed E-state index contributed by atoms with van der Waals surface area (Å²) in [5.74, 6) is 2.10. The highest BCUT2D eigenvalue weighted by atomic mass is 16.2. The molecule has 1 saturated heterocycles. The summed E-state index contributed by atoms with van der Waals surface area (Å²) < 4.78 is 0. The van der Waals surface area contributed by atoms with Crippen LogP contribution in [0.3, 0.4) is 0 Å². The smallest absolute Gasteiger partial charge is 0.243 e. The number of benzene rings is 1. The molecule has 1 amide bonds. The molecule has 25 heavy (non-hydrogen) atoms. The molecule has 1 fully saturated rings. The van der Waals surface area contributed by atoms with Crippen molar-refractivity contribution in [2.75, 3.05) is 40.3 Å². The van der Waals surface area contributed by atoms with Gasteiger partial charge in [-0.05, 0) is 30.7 Å². The van der Waals surface area contributed by atoms with E-state index in [9.17, 15) is 4.79 Å². The van der Waals surface area contributed by atoms with Crippen molar-refractivity contribution < 1.29 is 4.79 Å². The van der Waals surface area contributed by atoms with Gasteiger partial charge in [0.1, 0.15) is 6.54 Å². The number of hydrogen-bond acceptors (Lipinski definition) is 2. The van der Waals surface area contributed by atoms with Crippen molar-refractivity contribution in [2.24, 2.45) is 10.9 Å². The van der Waals surface area contributed by atoms with E-state index in [-0.39, 0.29) is 12.5 Å². The minimum atomic E-state index is 0.0293. The number of piperidine rings is 1. The number of carbonyl (C=O) groups excluding carboxylic acids is 1. The maximum atomic E-state index is 11.9. The van der Waals surface area contributed by atoms with E-state index in [1.54, 1.807) is 19.0 Å². The van der Waals surface area contributed by atoms with Gasteiger partial charge in [-0.15, -0.1) is 0 Å². The molecule has 1 aliphatic heterocycles. The summed E-state index contributed by atoms with van der Waals surface area (Å²) in [7, 11) is 3.53. The van der Waals surface area contributed by atoms with Crippen LogP contribution in [0.5, 0.6) is 0 Å². The van der Waals surface area contributed by atoms with E-state index in [1.807, 2.05) is 0 Å². The third-order valence-corrected chi connectivity index (χ3v) is 4.98. The molecule has 1 aromatic rings. The summed E-state index contributed by atoms with van der Waals surface area (Å²) in [5, 5.41) is 3.35. The van der Waals surface area contributed by atoms with Crippen LogP contribution in [0.4, 0.5) is 0 Å². The quantitative estimate of drug-likeness (QED) is 0.660. The van der Waals surface area contributed by atoms with Crippen LogP contribution in [0, 0.1) is 5.92 Å². The Morgan fingerprint density at radius 1 is 1.28 bits per heavy atom. The van der Waals surface area contributed by atoms with Crippen molar-refractivity contribution in [2.45, 2.75) is 32.6 Å². The Morgan fingerprint density at radius 2 is 2.00 bits per heavy atom. The van der Waals surface area contributed by atoms with Crippen LogP contribution in [0.15, 0.2) is 35.3 Å². The van der Waals surface area contributed by atoms with Crippen molar-refractivity contribution in [1.29, 1.82) is 0 Å². The first-order valence-corrected chi connectivity index (χ1v) is 9.35. The Kier molecular flexibility index (Phi) is 7.29. The summed E-state index contributed by atoms with van der Waals surface area (Å²) in [4.78, 5) is 20.3. The first kappa shape index (κ1) is 19.3. The van der Waals surface area contributed by atoms with Gasteiger partial charge in [-0.2, -0.15) is 0 Å². The van der Waals surface area contributed by atoms with Gasteiger partial charge in [-0.1, -0.05) is 43.7 Å². The zero-order valence-corrected chi connectivity index (χ0v) is 16.0. The Balaban J connectivity index is 2.08. The predicted octanol–water partition coefficient (Wildman–Crippen LogP) is 2.56. The fourth-order valence-corrected chi connectivity index (χ4v) is 3.49. The number of likely N-dealkylation sites (tertiary alicyclic amines) is 1. The van der Waals surface area contributed by atoms with Gasteiger partial charge in [0.25, 0.3) is 0 Å². The second-order valence-corrected chi connectivity index (χ2v) is 6.88. The van der Waals surface area contributed by atoms with Crippen molar-refractivity contribution >= 4 is 11.9 Å². The van der Waals surface area contributed by atoms with Crippen molar-refractivity contribution in [3.8, 4) is 0 Å². The highest BCUT2D eigenvalue weighted by Gasteiger charge is 2.30. The maximum Gasteiger partial charge on any atom is 0.243 e. The van der Waals surface area contributed by atoms with Gasteiger partial charge in [-0.3, -0.25) is 4.79 Å². The van der Waals surface area contributed by atoms with E-state index in [0.29, 0.717) is 11.8 Å². The highest BCUT2D eigenvalue weighted by Crippen LogP contribution is 2.34. The summed E-state index contributed by atoms with van der Waals surface area (Å²) in [5.41, 5.74) is 1.44. The number of carbonyl (C=O) groups is 1. The molecule has 1 aromatic carbocycles. The van der Waals surface area contributed by atoms with Gasteiger partial charge >= 0.3 is 0 Å². The number of aliphatic imine (C=N–C) groups is 1. The normalized spacial score (nSPS) is 21.1. The second-order valence-electron chi connectivity index (χ2n) is 6.88. The minimum absolute atomic E-state index is 0.0293. The monoisotopic (exact) mass is 344 g/mol. The molecule has 5 nitrogen and oxygen atoms in total. The Hall–Kier alpha value is -2.04. The van der Waals surface area contributed by atoms with E-state index in [4.69, 9.17) is 0 Å². The van der Waals surface area contributed by atoms with Crippen LogP contribution in [0.1, 0.15) is 38.2 Å². The van der Waals surface area contributed by atoms with Crippen molar-refractivity contribution in [3.63, 3.8) is 0 Å². The minimum Gasteiger partial charge on any atom is -0.357 e. The van der Waals surface area contributed by atoms with Gasteiger partial charge in [0.05, 0.1) is 0 Å². The number of amides is 1. The zero-order chi connectivity index (χ0) is 18.2. The number of nitrogens with one attached hydrogen (secondary N) is 1. The third-order valence-electron chi connectivity index (χ3n) is 4.98. The lowest BCUT2D eigenvalue weighted by Gasteiger charge is -2.40. The summed E-state index contributed by atoms with van der Waals surface area (Å²) >= 11 is 0. The average Bonchev–Trinajstić information content (AvgIpc) is 2.64. The molecule has 1 N–H and O–H groups in total. The lowest BCUT2D eigenvalue weighted by atomic mass is 9.79. The number of hydrogen-bond donors (Lipinski definition) is 1. The average molecular weight is 345 g/mol. The first-order chi connectivity index (χ1) is 12.1. The molecule has 1 aliphatic rings. The molecule has 2 unspecified atom stereocenters. The van der Waals surface area contributed by atoms with Crippen LogP contribution >= 0.6 is 0 Å². The van der Waals surface area contributed by atoms with Gasteiger partial charge < -0.3 is 15.1 Å². The standard InChI is InChI=1S/C20H32N4O/c1-5-16-15-24(13-12-18(16)17-10-8-7-9-11-17)20(21-6-2)22-14-19(25)23(3)4/h7-11,16,18H,5-6,12-15H2,1-4H3,(H,21,22). The molecule has 0 aliphatic carbocycles. The second kappa shape index (κ2) is 9.44.